The highest BCUT2D eigenvalue weighted by atomic mass is 79.9. The van der Waals surface area contributed by atoms with Gasteiger partial charge in [-0.3, -0.25) is 9.63 Å². The van der Waals surface area contributed by atoms with Crippen LogP contribution in [0.5, 0.6) is 0 Å². The van der Waals surface area contributed by atoms with Crippen molar-refractivity contribution >= 4 is 21.8 Å². The first-order chi connectivity index (χ1) is 9.59. The topological polar surface area (TPSA) is 49.8 Å². The van der Waals surface area contributed by atoms with Crippen molar-refractivity contribution in [3.8, 4) is 0 Å². The molecule has 0 bridgehead atoms. The third-order valence-electron chi connectivity index (χ3n) is 3.42. The Morgan fingerprint density at radius 3 is 2.55 bits per heavy atom. The van der Waals surface area contributed by atoms with Crippen molar-refractivity contribution in [1.82, 2.24) is 5.06 Å². The van der Waals surface area contributed by atoms with Gasteiger partial charge in [-0.1, -0.05) is 46.3 Å². The van der Waals surface area contributed by atoms with Gasteiger partial charge in [-0.15, -0.1) is 0 Å². The van der Waals surface area contributed by atoms with E-state index in [0.717, 1.165) is 9.54 Å². The van der Waals surface area contributed by atoms with E-state index in [1.54, 1.807) is 30.3 Å². The van der Waals surface area contributed by atoms with Gasteiger partial charge in [0.15, 0.2) is 0 Å². The van der Waals surface area contributed by atoms with Crippen LogP contribution in [0.2, 0.25) is 0 Å². The quantitative estimate of drug-likeness (QED) is 0.919. The number of carbonyl (C=O) groups is 1. The molecular weight excluding hydrogens is 322 g/mol. The summed E-state index contributed by atoms with van der Waals surface area (Å²) in [5, 5.41) is 12.1. The van der Waals surface area contributed by atoms with E-state index in [0.29, 0.717) is 16.7 Å². The first-order valence-electron chi connectivity index (χ1n) is 6.05. The molecule has 20 heavy (non-hydrogen) atoms. The van der Waals surface area contributed by atoms with Crippen molar-refractivity contribution in [2.75, 3.05) is 7.11 Å². The van der Waals surface area contributed by atoms with Gasteiger partial charge in [0.25, 0.3) is 5.91 Å². The van der Waals surface area contributed by atoms with Crippen LogP contribution in [0, 0.1) is 0 Å². The number of halogens is 1. The van der Waals surface area contributed by atoms with Crippen LogP contribution in [-0.2, 0) is 10.6 Å². The van der Waals surface area contributed by atoms with Crippen molar-refractivity contribution in [3.05, 3.63) is 69.7 Å². The molecule has 0 saturated heterocycles. The Balaban J connectivity index is 2.29. The minimum absolute atomic E-state index is 0.360. The second kappa shape index (κ2) is 4.70. The molecular formula is C15H12BrNO3. The summed E-state index contributed by atoms with van der Waals surface area (Å²) >= 11 is 3.37. The molecule has 0 radical (unpaired) electrons. The molecule has 102 valence electrons. The standard InChI is InChI=1S/C15H12BrNO3/c1-20-17-14(18)12-8-7-11(16)9-13(12)15(17,19)10-5-3-2-4-6-10/h2-9,19H,1H3. The molecule has 1 aliphatic rings. The van der Waals surface area contributed by atoms with Gasteiger partial charge in [-0.2, -0.15) is 5.06 Å². The molecule has 0 saturated carbocycles. The average molecular weight is 334 g/mol. The molecule has 1 aliphatic heterocycles. The van der Waals surface area contributed by atoms with Crippen LogP contribution in [0.25, 0.3) is 0 Å². The molecule has 3 rings (SSSR count). The Morgan fingerprint density at radius 2 is 1.90 bits per heavy atom. The van der Waals surface area contributed by atoms with Gasteiger partial charge in [-0.05, 0) is 18.2 Å². The molecule has 4 nitrogen and oxygen atoms in total. The molecule has 1 heterocycles. The highest BCUT2D eigenvalue weighted by molar-refractivity contribution is 9.10. The van der Waals surface area contributed by atoms with Gasteiger partial charge in [0.05, 0.1) is 12.7 Å². The van der Waals surface area contributed by atoms with Crippen molar-refractivity contribution < 1.29 is 14.7 Å². The highest BCUT2D eigenvalue weighted by Crippen LogP contribution is 2.42. The predicted octanol–water partition coefficient (Wildman–Crippen LogP) is 2.66. The lowest BCUT2D eigenvalue weighted by atomic mass is 9.94. The normalized spacial score (nSPS) is 21.1. The molecule has 0 aliphatic carbocycles. The first-order valence-corrected chi connectivity index (χ1v) is 6.85. The zero-order valence-electron chi connectivity index (χ0n) is 10.7. The van der Waals surface area contributed by atoms with Crippen LogP contribution in [0.15, 0.2) is 53.0 Å². The molecule has 5 heteroatoms. The van der Waals surface area contributed by atoms with Gasteiger partial charge in [-0.25, -0.2) is 0 Å². The number of aliphatic hydroxyl groups is 1. The fourth-order valence-corrected chi connectivity index (χ4v) is 2.88. The number of nitrogens with zero attached hydrogens (tertiary/aromatic N) is 1. The number of hydrogen-bond acceptors (Lipinski definition) is 3. The zero-order chi connectivity index (χ0) is 14.3. The summed E-state index contributed by atoms with van der Waals surface area (Å²) in [6.45, 7) is 0. The van der Waals surface area contributed by atoms with E-state index >= 15 is 0 Å². The Morgan fingerprint density at radius 1 is 1.20 bits per heavy atom. The molecule has 1 N–H and O–H groups in total. The van der Waals surface area contributed by atoms with E-state index in [4.69, 9.17) is 4.84 Å². The van der Waals surface area contributed by atoms with Gasteiger partial charge >= 0.3 is 0 Å². The molecule has 0 spiro atoms. The van der Waals surface area contributed by atoms with E-state index in [1.807, 2.05) is 18.2 Å². The van der Waals surface area contributed by atoms with Crippen LogP contribution in [0.3, 0.4) is 0 Å². The Bertz CT molecular complexity index is 674. The van der Waals surface area contributed by atoms with Crippen molar-refractivity contribution in [2.45, 2.75) is 5.72 Å². The van der Waals surface area contributed by atoms with Crippen LogP contribution in [0.4, 0.5) is 0 Å². The third kappa shape index (κ3) is 1.71. The van der Waals surface area contributed by atoms with E-state index in [9.17, 15) is 9.90 Å². The van der Waals surface area contributed by atoms with Crippen LogP contribution < -0.4 is 0 Å². The summed E-state index contributed by atoms with van der Waals surface area (Å²) < 4.78 is 0.788. The number of fused-ring (bicyclic) bond motifs is 1. The summed E-state index contributed by atoms with van der Waals surface area (Å²) in [7, 11) is 1.37. The maximum atomic E-state index is 12.4. The molecule has 0 fully saturated rings. The zero-order valence-corrected chi connectivity index (χ0v) is 12.3. The molecule has 1 unspecified atom stereocenters. The predicted molar refractivity (Wildman–Crippen MR) is 76.8 cm³/mol. The van der Waals surface area contributed by atoms with Crippen molar-refractivity contribution in [3.63, 3.8) is 0 Å². The fourth-order valence-electron chi connectivity index (χ4n) is 2.52. The molecule has 1 amide bonds. The van der Waals surface area contributed by atoms with Crippen LogP contribution >= 0.6 is 15.9 Å². The minimum Gasteiger partial charge on any atom is -0.361 e. The number of amides is 1. The summed E-state index contributed by atoms with van der Waals surface area (Å²) in [5.41, 5.74) is -0.106. The molecule has 2 aromatic carbocycles. The number of hydroxylamine groups is 2. The molecule has 2 aromatic rings. The fraction of sp³-hybridized carbons (Fsp3) is 0.133. The van der Waals surface area contributed by atoms with Crippen LogP contribution in [-0.4, -0.2) is 23.2 Å². The highest BCUT2D eigenvalue weighted by Gasteiger charge is 2.51. The van der Waals surface area contributed by atoms with Gasteiger partial charge in [0.1, 0.15) is 0 Å². The summed E-state index contributed by atoms with van der Waals surface area (Å²) in [4.78, 5) is 17.5. The molecule has 1 atom stereocenters. The number of benzene rings is 2. The van der Waals surface area contributed by atoms with E-state index < -0.39 is 5.72 Å². The van der Waals surface area contributed by atoms with E-state index in [1.165, 1.54) is 7.11 Å². The van der Waals surface area contributed by atoms with Crippen molar-refractivity contribution in [2.24, 2.45) is 0 Å². The second-order valence-corrected chi connectivity index (χ2v) is 5.43. The van der Waals surface area contributed by atoms with Gasteiger partial charge in [0, 0.05) is 15.6 Å². The van der Waals surface area contributed by atoms with E-state index in [2.05, 4.69) is 15.9 Å². The number of carbonyl (C=O) groups excluding carboxylic acids is 1. The lowest BCUT2D eigenvalue weighted by molar-refractivity contribution is -0.223. The minimum atomic E-state index is -1.62. The summed E-state index contributed by atoms with van der Waals surface area (Å²) in [6, 6.07) is 14.2. The average Bonchev–Trinajstić information content (AvgIpc) is 2.69. The second-order valence-electron chi connectivity index (χ2n) is 4.51. The SMILES string of the molecule is CON1C(=O)c2ccc(Br)cc2C1(O)c1ccccc1. The number of rotatable bonds is 2. The van der Waals surface area contributed by atoms with Gasteiger partial charge in [0.2, 0.25) is 5.72 Å². The Hall–Kier alpha value is -1.69. The maximum Gasteiger partial charge on any atom is 0.281 e. The Labute approximate surface area is 124 Å². The maximum absolute atomic E-state index is 12.4. The summed E-state index contributed by atoms with van der Waals surface area (Å²) in [5.74, 6) is -0.360. The lowest BCUT2D eigenvalue weighted by Crippen LogP contribution is -2.43. The van der Waals surface area contributed by atoms with Gasteiger partial charge < -0.3 is 5.11 Å². The smallest absolute Gasteiger partial charge is 0.281 e. The van der Waals surface area contributed by atoms with Crippen molar-refractivity contribution in [1.29, 1.82) is 0 Å². The lowest BCUT2D eigenvalue weighted by Gasteiger charge is -2.32. The van der Waals surface area contributed by atoms with Crippen LogP contribution in [0.1, 0.15) is 21.5 Å². The number of hydrogen-bond donors (Lipinski definition) is 1. The summed E-state index contributed by atoms with van der Waals surface area (Å²) in [6.07, 6.45) is 0. The molecule has 0 aromatic heterocycles. The van der Waals surface area contributed by atoms with E-state index in [-0.39, 0.29) is 5.91 Å². The third-order valence-corrected chi connectivity index (χ3v) is 3.92. The largest absolute Gasteiger partial charge is 0.361 e. The Kier molecular flexibility index (Phi) is 3.12. The monoisotopic (exact) mass is 333 g/mol. The first kappa shape index (κ1) is 13.3.